The third kappa shape index (κ3) is 5.49. The van der Waals surface area contributed by atoms with Crippen LogP contribution in [0, 0.1) is 0 Å². The molecule has 2 unspecified atom stereocenters. The number of likely N-dealkylation sites (N-methyl/N-ethyl adjacent to an activating group) is 1. The summed E-state index contributed by atoms with van der Waals surface area (Å²) in [4.78, 5) is 4.35. The van der Waals surface area contributed by atoms with E-state index in [0.717, 1.165) is 17.7 Å². The van der Waals surface area contributed by atoms with Gasteiger partial charge in [0.05, 0.1) is 5.56 Å². The molecule has 134 valence electrons. The zero-order chi connectivity index (χ0) is 17.0. The van der Waals surface area contributed by atoms with Gasteiger partial charge in [-0.2, -0.15) is 18.2 Å². The lowest BCUT2D eigenvalue weighted by molar-refractivity contribution is -0.137. The number of hydrogen-bond donors (Lipinski definition) is 1. The minimum atomic E-state index is -4.31. The van der Waals surface area contributed by atoms with Crippen molar-refractivity contribution in [3.05, 3.63) is 47.1 Å². The van der Waals surface area contributed by atoms with Gasteiger partial charge in [0.2, 0.25) is 5.89 Å². The van der Waals surface area contributed by atoms with Gasteiger partial charge >= 0.3 is 6.18 Å². The van der Waals surface area contributed by atoms with Gasteiger partial charge in [0.1, 0.15) is 0 Å². The highest BCUT2D eigenvalue weighted by Crippen LogP contribution is 2.29. The number of nitrogens with zero attached hydrogens (tertiary/aromatic N) is 2. The van der Waals surface area contributed by atoms with Crippen molar-refractivity contribution in [1.82, 2.24) is 15.5 Å². The van der Waals surface area contributed by atoms with Crippen molar-refractivity contribution in [2.24, 2.45) is 0 Å². The number of nitrogens with one attached hydrogen (secondary N) is 1. The Balaban J connectivity index is 0.00000288. The maximum absolute atomic E-state index is 12.5. The molecule has 0 radical (unpaired) electrons. The van der Waals surface area contributed by atoms with Crippen molar-refractivity contribution in [3.8, 4) is 0 Å². The Morgan fingerprint density at radius 3 is 2.29 bits per heavy atom. The molecule has 2 rings (SSSR count). The smallest absolute Gasteiger partial charge is 0.339 e. The average Bonchev–Trinajstić information content (AvgIpc) is 2.95. The summed E-state index contributed by atoms with van der Waals surface area (Å²) < 4.78 is 42.9. The van der Waals surface area contributed by atoms with Gasteiger partial charge < -0.3 is 9.84 Å². The minimum absolute atomic E-state index is 0. The van der Waals surface area contributed by atoms with Crippen LogP contribution in [0.4, 0.5) is 13.2 Å². The summed E-state index contributed by atoms with van der Waals surface area (Å²) >= 11 is 0. The van der Waals surface area contributed by atoms with E-state index < -0.39 is 11.7 Å². The molecule has 1 N–H and O–H groups in total. The molecule has 1 heterocycles. The molecule has 4 nitrogen and oxygen atoms in total. The molecular formula is C16H21ClF3N3O. The summed E-state index contributed by atoms with van der Waals surface area (Å²) in [5.41, 5.74) is 0.156. The van der Waals surface area contributed by atoms with Crippen LogP contribution in [0.25, 0.3) is 0 Å². The first-order valence-electron chi connectivity index (χ1n) is 7.45. The van der Waals surface area contributed by atoms with Crippen LogP contribution in [0.15, 0.2) is 28.8 Å². The number of rotatable bonds is 6. The summed E-state index contributed by atoms with van der Waals surface area (Å²) in [6.45, 7) is 3.93. The molecule has 24 heavy (non-hydrogen) atoms. The van der Waals surface area contributed by atoms with Crippen LogP contribution in [0.3, 0.4) is 0 Å². The number of hydrogen-bond acceptors (Lipinski definition) is 4. The van der Waals surface area contributed by atoms with Crippen LogP contribution in [0.5, 0.6) is 0 Å². The topological polar surface area (TPSA) is 51.0 Å². The van der Waals surface area contributed by atoms with Crippen LogP contribution < -0.4 is 5.32 Å². The molecule has 0 aliphatic rings. The lowest BCUT2D eigenvalue weighted by Gasteiger charge is -2.09. The number of benzene rings is 1. The molecule has 1 aromatic carbocycles. The van der Waals surface area contributed by atoms with E-state index in [-0.39, 0.29) is 24.4 Å². The first kappa shape index (κ1) is 20.4. The monoisotopic (exact) mass is 363 g/mol. The van der Waals surface area contributed by atoms with Gasteiger partial charge in [0.15, 0.2) is 5.82 Å². The minimum Gasteiger partial charge on any atom is -0.339 e. The van der Waals surface area contributed by atoms with Crippen LogP contribution >= 0.6 is 12.4 Å². The van der Waals surface area contributed by atoms with Crippen LogP contribution in [0.2, 0.25) is 0 Å². The number of aromatic nitrogens is 2. The maximum atomic E-state index is 12.5. The zero-order valence-electron chi connectivity index (χ0n) is 13.7. The Labute approximate surface area is 145 Å². The third-order valence-corrected chi connectivity index (χ3v) is 3.71. The van der Waals surface area contributed by atoms with E-state index in [0.29, 0.717) is 24.6 Å². The Morgan fingerprint density at radius 2 is 1.75 bits per heavy atom. The first-order valence-corrected chi connectivity index (χ1v) is 7.45. The van der Waals surface area contributed by atoms with Gasteiger partial charge in [-0.15, -0.1) is 12.4 Å². The zero-order valence-corrected chi connectivity index (χ0v) is 14.5. The van der Waals surface area contributed by atoms with Crippen molar-refractivity contribution in [3.63, 3.8) is 0 Å². The fraction of sp³-hybridized carbons (Fsp3) is 0.500. The molecule has 8 heteroatoms. The van der Waals surface area contributed by atoms with Crippen molar-refractivity contribution < 1.29 is 17.7 Å². The van der Waals surface area contributed by atoms with Crippen LogP contribution in [0.1, 0.15) is 42.6 Å². The lowest BCUT2D eigenvalue weighted by atomic mass is 10.00. The Kier molecular flexibility index (Phi) is 7.23. The predicted molar refractivity (Wildman–Crippen MR) is 87.3 cm³/mol. The van der Waals surface area contributed by atoms with Gasteiger partial charge in [-0.1, -0.05) is 24.2 Å². The largest absolute Gasteiger partial charge is 0.416 e. The standard InChI is InChI=1S/C16H20F3N3O.ClH/c1-10(15-21-14(22-23-15)9-11(2)20-3)8-12-4-6-13(7-5-12)16(17,18)19;/h4-7,10-11,20H,8-9H2,1-3H3;1H. The quantitative estimate of drug-likeness (QED) is 0.842. The number of halogens is 4. The van der Waals surface area contributed by atoms with E-state index >= 15 is 0 Å². The summed E-state index contributed by atoms with van der Waals surface area (Å²) in [5, 5.41) is 7.03. The van der Waals surface area contributed by atoms with E-state index in [1.807, 2.05) is 20.9 Å². The normalized spacial score (nSPS) is 14.1. The van der Waals surface area contributed by atoms with Crippen molar-refractivity contribution in [2.45, 2.75) is 44.8 Å². The van der Waals surface area contributed by atoms with Crippen LogP contribution in [-0.4, -0.2) is 23.2 Å². The maximum Gasteiger partial charge on any atom is 0.416 e. The Bertz CT molecular complexity index is 628. The second-order valence-corrected chi connectivity index (χ2v) is 5.74. The molecule has 0 aliphatic heterocycles. The highest BCUT2D eigenvalue weighted by Gasteiger charge is 2.30. The average molecular weight is 364 g/mol. The van der Waals surface area contributed by atoms with Crippen molar-refractivity contribution >= 4 is 12.4 Å². The Morgan fingerprint density at radius 1 is 1.12 bits per heavy atom. The molecule has 0 aliphatic carbocycles. The van der Waals surface area contributed by atoms with Gasteiger partial charge in [0.25, 0.3) is 0 Å². The number of alkyl halides is 3. The molecule has 0 amide bonds. The SMILES string of the molecule is CNC(C)Cc1noc(C(C)Cc2ccc(C(F)(F)F)cc2)n1.Cl. The molecule has 2 aromatic rings. The molecule has 0 fully saturated rings. The summed E-state index contributed by atoms with van der Waals surface area (Å²) in [6.07, 6.45) is -3.11. The Hall–Kier alpha value is -1.60. The second-order valence-electron chi connectivity index (χ2n) is 5.74. The molecule has 0 saturated heterocycles. The summed E-state index contributed by atoms with van der Waals surface area (Å²) in [6, 6.07) is 5.40. The molecule has 0 spiro atoms. The van der Waals surface area contributed by atoms with Gasteiger partial charge in [-0.3, -0.25) is 0 Å². The van der Waals surface area contributed by atoms with Crippen LogP contribution in [-0.2, 0) is 19.0 Å². The predicted octanol–water partition coefficient (Wildman–Crippen LogP) is 4.01. The van der Waals surface area contributed by atoms with E-state index in [1.54, 1.807) is 0 Å². The summed E-state index contributed by atoms with van der Waals surface area (Å²) in [5.74, 6) is 1.07. The van der Waals surface area contributed by atoms with Gasteiger partial charge in [-0.05, 0) is 38.1 Å². The molecule has 0 bridgehead atoms. The fourth-order valence-corrected chi connectivity index (χ4v) is 2.20. The van der Waals surface area contributed by atoms with E-state index in [1.165, 1.54) is 12.1 Å². The summed E-state index contributed by atoms with van der Waals surface area (Å²) in [7, 11) is 1.86. The lowest BCUT2D eigenvalue weighted by Crippen LogP contribution is -2.24. The fourth-order valence-electron chi connectivity index (χ4n) is 2.20. The van der Waals surface area contributed by atoms with E-state index in [9.17, 15) is 13.2 Å². The molecule has 1 aromatic heterocycles. The first-order chi connectivity index (χ1) is 10.8. The third-order valence-electron chi connectivity index (χ3n) is 3.71. The molecular weight excluding hydrogens is 343 g/mol. The molecule has 2 atom stereocenters. The van der Waals surface area contributed by atoms with Gasteiger partial charge in [0, 0.05) is 18.4 Å². The van der Waals surface area contributed by atoms with E-state index in [4.69, 9.17) is 4.52 Å². The second kappa shape index (κ2) is 8.48. The highest BCUT2D eigenvalue weighted by molar-refractivity contribution is 5.85. The van der Waals surface area contributed by atoms with Gasteiger partial charge in [-0.25, -0.2) is 0 Å². The van der Waals surface area contributed by atoms with Crippen molar-refractivity contribution in [1.29, 1.82) is 0 Å². The van der Waals surface area contributed by atoms with Crippen molar-refractivity contribution in [2.75, 3.05) is 7.05 Å². The van der Waals surface area contributed by atoms with E-state index in [2.05, 4.69) is 15.5 Å². The molecule has 0 saturated carbocycles. The highest BCUT2D eigenvalue weighted by atomic mass is 35.5.